The first kappa shape index (κ1) is 12.6. The molecule has 20 heavy (non-hydrogen) atoms. The highest BCUT2D eigenvalue weighted by Gasteiger charge is 2.06. The second-order valence-corrected chi connectivity index (χ2v) is 4.62. The molecule has 2 aromatic heterocycles. The Hall–Kier alpha value is -2.40. The lowest BCUT2D eigenvalue weighted by atomic mass is 10.1. The van der Waals surface area contributed by atoms with Crippen molar-refractivity contribution >= 4 is 27.6 Å². The summed E-state index contributed by atoms with van der Waals surface area (Å²) in [7, 11) is 1.91. The maximum absolute atomic E-state index is 12.0. The Morgan fingerprint density at radius 1 is 1.10 bits per heavy atom. The minimum atomic E-state index is -0.0780. The molecule has 0 saturated carbocycles. The highest BCUT2D eigenvalue weighted by Crippen LogP contribution is 2.20. The van der Waals surface area contributed by atoms with Gasteiger partial charge < -0.3 is 15.6 Å². The summed E-state index contributed by atoms with van der Waals surface area (Å²) in [5.74, 6) is 0.810. The Labute approximate surface area is 116 Å². The van der Waals surface area contributed by atoms with E-state index in [4.69, 9.17) is 0 Å². The van der Waals surface area contributed by atoms with Crippen molar-refractivity contribution in [3.05, 3.63) is 46.8 Å². The fraction of sp³-hybridized carbons (Fsp3) is 0.200. The van der Waals surface area contributed by atoms with Crippen LogP contribution in [0.1, 0.15) is 0 Å². The number of benzene rings is 1. The van der Waals surface area contributed by atoms with Crippen LogP contribution in [0.2, 0.25) is 0 Å². The number of fused-ring (bicyclic) bond motifs is 3. The van der Waals surface area contributed by atoms with Crippen molar-refractivity contribution in [1.82, 2.24) is 15.3 Å². The number of anilines is 1. The molecule has 0 unspecified atom stereocenters. The molecule has 3 N–H and O–H groups in total. The topological polar surface area (TPSA) is 69.8 Å². The second-order valence-electron chi connectivity index (χ2n) is 4.62. The van der Waals surface area contributed by atoms with Crippen LogP contribution in [0.25, 0.3) is 21.8 Å². The molecule has 0 bridgehead atoms. The zero-order chi connectivity index (χ0) is 13.9. The van der Waals surface area contributed by atoms with Gasteiger partial charge in [0.25, 0.3) is 5.56 Å². The molecule has 0 spiro atoms. The molecule has 0 aliphatic carbocycles. The van der Waals surface area contributed by atoms with Gasteiger partial charge in [0.1, 0.15) is 5.82 Å². The zero-order valence-corrected chi connectivity index (χ0v) is 11.2. The predicted octanol–water partition coefficient (Wildman–Crippen LogP) is 1.71. The van der Waals surface area contributed by atoms with Crippen LogP contribution in [0.5, 0.6) is 0 Å². The molecule has 0 aliphatic rings. The van der Waals surface area contributed by atoms with Crippen LogP contribution in [0, 0.1) is 0 Å². The van der Waals surface area contributed by atoms with Crippen LogP contribution in [0.4, 0.5) is 5.82 Å². The van der Waals surface area contributed by atoms with E-state index in [0.717, 1.165) is 35.3 Å². The molecule has 3 rings (SSSR count). The Kier molecular flexibility index (Phi) is 3.35. The second kappa shape index (κ2) is 5.30. The summed E-state index contributed by atoms with van der Waals surface area (Å²) in [4.78, 5) is 19.5. The molecule has 3 aromatic rings. The summed E-state index contributed by atoms with van der Waals surface area (Å²) < 4.78 is 0. The van der Waals surface area contributed by atoms with Crippen molar-refractivity contribution in [2.75, 3.05) is 25.5 Å². The minimum absolute atomic E-state index is 0.0780. The van der Waals surface area contributed by atoms with Crippen LogP contribution >= 0.6 is 0 Å². The summed E-state index contributed by atoms with van der Waals surface area (Å²) in [5.41, 5.74) is 1.49. The van der Waals surface area contributed by atoms with E-state index in [1.807, 2.05) is 43.4 Å². The van der Waals surface area contributed by atoms with E-state index in [0.29, 0.717) is 5.39 Å². The number of hydrogen-bond acceptors (Lipinski definition) is 4. The number of pyridine rings is 2. The molecule has 102 valence electrons. The summed E-state index contributed by atoms with van der Waals surface area (Å²) >= 11 is 0. The van der Waals surface area contributed by atoms with Crippen molar-refractivity contribution in [3.8, 4) is 0 Å². The fourth-order valence-electron chi connectivity index (χ4n) is 2.26. The van der Waals surface area contributed by atoms with Gasteiger partial charge >= 0.3 is 0 Å². The first-order chi connectivity index (χ1) is 9.79. The summed E-state index contributed by atoms with van der Waals surface area (Å²) in [5, 5.41) is 7.87. The van der Waals surface area contributed by atoms with Crippen molar-refractivity contribution in [1.29, 1.82) is 0 Å². The number of H-pyrrole nitrogens is 1. The third kappa shape index (κ3) is 2.23. The zero-order valence-electron chi connectivity index (χ0n) is 11.2. The van der Waals surface area contributed by atoms with Crippen molar-refractivity contribution < 1.29 is 0 Å². The number of rotatable bonds is 4. The van der Waals surface area contributed by atoms with Crippen molar-refractivity contribution in [2.45, 2.75) is 0 Å². The normalized spacial score (nSPS) is 11.1. The van der Waals surface area contributed by atoms with Gasteiger partial charge in [0, 0.05) is 23.9 Å². The minimum Gasteiger partial charge on any atom is -0.369 e. The van der Waals surface area contributed by atoms with Gasteiger partial charge in [-0.2, -0.15) is 0 Å². The van der Waals surface area contributed by atoms with Gasteiger partial charge in [0.15, 0.2) is 0 Å². The maximum Gasteiger partial charge on any atom is 0.256 e. The summed E-state index contributed by atoms with van der Waals surface area (Å²) in [6.45, 7) is 1.67. The quantitative estimate of drug-likeness (QED) is 0.497. The van der Waals surface area contributed by atoms with Crippen LogP contribution in [0.15, 0.2) is 41.2 Å². The lowest BCUT2D eigenvalue weighted by molar-refractivity contribution is 0.822. The Bertz CT molecular complexity index is 810. The largest absolute Gasteiger partial charge is 0.369 e. The van der Waals surface area contributed by atoms with Crippen LogP contribution in [-0.4, -0.2) is 30.1 Å². The Morgan fingerprint density at radius 2 is 1.90 bits per heavy atom. The van der Waals surface area contributed by atoms with E-state index in [2.05, 4.69) is 20.6 Å². The van der Waals surface area contributed by atoms with Gasteiger partial charge in [-0.3, -0.25) is 4.79 Å². The molecule has 0 saturated heterocycles. The molecule has 2 heterocycles. The standard InChI is InChI=1S/C15H16N4O/c1-16-8-9-17-13-7-6-12-14(19-13)10-4-2-3-5-11(10)15(20)18-12/h2-7,16H,8-9H2,1H3,(H,17,19)(H,18,20). The molecule has 0 aliphatic heterocycles. The number of nitrogens with zero attached hydrogens (tertiary/aromatic N) is 1. The lowest BCUT2D eigenvalue weighted by Gasteiger charge is -2.07. The predicted molar refractivity (Wildman–Crippen MR) is 82.3 cm³/mol. The average molecular weight is 268 g/mol. The van der Waals surface area contributed by atoms with E-state index in [1.54, 1.807) is 0 Å². The number of aromatic nitrogens is 2. The van der Waals surface area contributed by atoms with Crippen LogP contribution < -0.4 is 16.2 Å². The van der Waals surface area contributed by atoms with E-state index in [9.17, 15) is 4.79 Å². The van der Waals surface area contributed by atoms with Gasteiger partial charge in [-0.25, -0.2) is 4.98 Å². The molecule has 0 atom stereocenters. The van der Waals surface area contributed by atoms with Gasteiger partial charge in [0.2, 0.25) is 0 Å². The van der Waals surface area contributed by atoms with E-state index in [1.165, 1.54) is 0 Å². The van der Waals surface area contributed by atoms with Crippen LogP contribution in [0.3, 0.4) is 0 Å². The van der Waals surface area contributed by atoms with Gasteiger partial charge in [-0.15, -0.1) is 0 Å². The molecule has 5 heteroatoms. The fourth-order valence-corrected chi connectivity index (χ4v) is 2.26. The maximum atomic E-state index is 12.0. The average Bonchev–Trinajstić information content (AvgIpc) is 2.48. The third-order valence-corrected chi connectivity index (χ3v) is 3.25. The first-order valence-electron chi connectivity index (χ1n) is 6.60. The van der Waals surface area contributed by atoms with E-state index in [-0.39, 0.29) is 5.56 Å². The Balaban J connectivity index is 2.14. The van der Waals surface area contributed by atoms with Crippen LogP contribution in [-0.2, 0) is 0 Å². The third-order valence-electron chi connectivity index (χ3n) is 3.25. The monoisotopic (exact) mass is 268 g/mol. The molecule has 0 fully saturated rings. The molecule has 0 radical (unpaired) electrons. The molecular weight excluding hydrogens is 252 g/mol. The smallest absolute Gasteiger partial charge is 0.256 e. The first-order valence-corrected chi connectivity index (χ1v) is 6.60. The highest BCUT2D eigenvalue weighted by molar-refractivity contribution is 6.03. The molecule has 0 amide bonds. The highest BCUT2D eigenvalue weighted by atomic mass is 16.1. The van der Waals surface area contributed by atoms with E-state index >= 15 is 0 Å². The van der Waals surface area contributed by atoms with Gasteiger partial charge in [-0.05, 0) is 25.2 Å². The summed E-state index contributed by atoms with van der Waals surface area (Å²) in [6.07, 6.45) is 0. The molecule has 1 aromatic carbocycles. The van der Waals surface area contributed by atoms with Crippen molar-refractivity contribution in [2.24, 2.45) is 0 Å². The molecular formula is C15H16N4O. The number of aromatic amines is 1. The summed E-state index contributed by atoms with van der Waals surface area (Å²) in [6, 6.07) is 11.3. The number of likely N-dealkylation sites (N-methyl/N-ethyl adjacent to an activating group) is 1. The van der Waals surface area contributed by atoms with Gasteiger partial charge in [0.05, 0.1) is 11.0 Å². The SMILES string of the molecule is CNCCNc1ccc2[nH]c(=O)c3ccccc3c2n1. The van der Waals surface area contributed by atoms with E-state index < -0.39 is 0 Å². The molecule has 5 nitrogen and oxygen atoms in total. The van der Waals surface area contributed by atoms with Gasteiger partial charge in [-0.1, -0.05) is 18.2 Å². The lowest BCUT2D eigenvalue weighted by Crippen LogP contribution is -2.18. The number of hydrogen-bond donors (Lipinski definition) is 3. The Morgan fingerprint density at radius 3 is 2.70 bits per heavy atom. The number of nitrogens with one attached hydrogen (secondary N) is 3. The van der Waals surface area contributed by atoms with Crippen molar-refractivity contribution in [3.63, 3.8) is 0 Å².